The van der Waals surface area contributed by atoms with E-state index in [1.807, 2.05) is 0 Å². The molecule has 3 rings (SSSR count). The predicted octanol–water partition coefficient (Wildman–Crippen LogP) is 3.64. The van der Waals surface area contributed by atoms with Crippen molar-refractivity contribution in [2.75, 3.05) is 35.0 Å². The Morgan fingerprint density at radius 1 is 0.857 bits per heavy atom. The summed E-state index contributed by atoms with van der Waals surface area (Å²) in [6.45, 7) is -0.586. The van der Waals surface area contributed by atoms with Gasteiger partial charge in [-0.3, -0.25) is 9.52 Å². The monoisotopic (exact) mass is 584 g/mol. The summed E-state index contributed by atoms with van der Waals surface area (Å²) in [5, 5.41) is 2.54. The Bertz CT molecular complexity index is 1400. The minimum absolute atomic E-state index is 0.0264. The van der Waals surface area contributed by atoms with Crippen molar-refractivity contribution in [1.82, 2.24) is 4.31 Å². The molecular weight excluding hydrogens is 563 g/mol. The molecule has 0 bridgehead atoms. The molecule has 0 aliphatic heterocycles. The normalized spacial score (nSPS) is 11.8. The number of hydrogen-bond acceptors (Lipinski definition) is 5. The van der Waals surface area contributed by atoms with Gasteiger partial charge in [0.05, 0.1) is 10.6 Å². The van der Waals surface area contributed by atoms with Crippen LogP contribution in [0, 0.1) is 5.82 Å². The van der Waals surface area contributed by atoms with Crippen LogP contribution >= 0.6 is 15.9 Å². The van der Waals surface area contributed by atoms with E-state index < -0.39 is 38.5 Å². The van der Waals surface area contributed by atoms with E-state index >= 15 is 0 Å². The second-order valence-corrected chi connectivity index (χ2v) is 12.1. The fourth-order valence-corrected chi connectivity index (χ4v) is 5.28. The highest BCUT2D eigenvalue weighted by atomic mass is 79.9. The number of anilines is 3. The molecule has 13 heteroatoms. The average Bonchev–Trinajstić information content (AvgIpc) is 2.80. The Morgan fingerprint density at radius 3 is 1.94 bits per heavy atom. The summed E-state index contributed by atoms with van der Waals surface area (Å²) in [4.78, 5) is 12.6. The zero-order chi connectivity index (χ0) is 25.8. The molecule has 0 spiro atoms. The Morgan fingerprint density at radius 2 is 1.40 bits per heavy atom. The first-order valence-corrected chi connectivity index (χ1v) is 13.7. The molecular formula is C22H22BrFN4O5S2. The molecule has 0 aliphatic carbocycles. The Labute approximate surface area is 211 Å². The summed E-state index contributed by atoms with van der Waals surface area (Å²) in [7, 11) is -5.30. The number of halogens is 2. The lowest BCUT2D eigenvalue weighted by Crippen LogP contribution is -2.44. The lowest BCUT2D eigenvalue weighted by atomic mass is 10.3. The highest BCUT2D eigenvalue weighted by Crippen LogP contribution is 2.22. The number of amides is 1. The molecule has 1 amide bonds. The maximum absolute atomic E-state index is 13.3. The highest BCUT2D eigenvalue weighted by Gasteiger charge is 2.27. The first-order chi connectivity index (χ1) is 16.4. The number of hydrogen-bond donors (Lipinski definition) is 2. The summed E-state index contributed by atoms with van der Waals surface area (Å²) in [5.41, 5.74) is 0.753. The Balaban J connectivity index is 1.74. The van der Waals surface area contributed by atoms with Gasteiger partial charge < -0.3 is 5.32 Å². The van der Waals surface area contributed by atoms with E-state index in [-0.39, 0.29) is 16.3 Å². The topological polar surface area (TPSA) is 116 Å². The molecule has 0 fully saturated rings. The molecule has 3 aromatic carbocycles. The van der Waals surface area contributed by atoms with Crippen molar-refractivity contribution in [2.24, 2.45) is 0 Å². The molecule has 0 heterocycles. The van der Waals surface area contributed by atoms with Gasteiger partial charge in [0.25, 0.3) is 10.0 Å². The number of benzene rings is 3. The van der Waals surface area contributed by atoms with Crippen LogP contribution in [0.3, 0.4) is 0 Å². The number of nitrogens with one attached hydrogen (secondary N) is 2. The summed E-state index contributed by atoms with van der Waals surface area (Å²) in [5.74, 6) is -1.23. The standard InChI is InChI=1S/C22H22BrFN4O5S2/c1-27(2)35(32,33)28(20-11-5-17(24)6-12-20)15-22(29)25-18-9-13-21(14-10-18)34(30,31)26-19-7-3-16(23)4-8-19/h3-14,26H,15H2,1-2H3,(H,25,29). The Hall–Kier alpha value is -3.00. The molecule has 186 valence electrons. The van der Waals surface area contributed by atoms with Crippen LogP contribution in [0.2, 0.25) is 0 Å². The smallest absolute Gasteiger partial charge is 0.304 e. The summed E-state index contributed by atoms with van der Waals surface area (Å²) in [6, 6.07) is 16.7. The van der Waals surface area contributed by atoms with Crippen molar-refractivity contribution in [2.45, 2.75) is 4.90 Å². The van der Waals surface area contributed by atoms with Gasteiger partial charge in [-0.1, -0.05) is 15.9 Å². The summed E-state index contributed by atoms with van der Waals surface area (Å²) >= 11 is 3.28. The van der Waals surface area contributed by atoms with Crippen LogP contribution in [0.25, 0.3) is 0 Å². The SMILES string of the molecule is CN(C)S(=O)(=O)N(CC(=O)Nc1ccc(S(=O)(=O)Nc2ccc(Br)cc2)cc1)c1ccc(F)cc1. The molecule has 0 aliphatic rings. The molecule has 3 aromatic rings. The van der Waals surface area contributed by atoms with Crippen LogP contribution in [-0.2, 0) is 25.0 Å². The van der Waals surface area contributed by atoms with Crippen LogP contribution in [0.5, 0.6) is 0 Å². The maximum Gasteiger partial charge on any atom is 0.304 e. The fraction of sp³-hybridized carbons (Fsp3) is 0.136. The molecule has 0 unspecified atom stereocenters. The van der Waals surface area contributed by atoms with Crippen LogP contribution in [0.15, 0.2) is 82.2 Å². The van der Waals surface area contributed by atoms with Gasteiger partial charge >= 0.3 is 10.2 Å². The second kappa shape index (κ2) is 10.7. The minimum Gasteiger partial charge on any atom is -0.325 e. The van der Waals surface area contributed by atoms with Crippen LogP contribution in [0.1, 0.15) is 0 Å². The number of carbonyl (C=O) groups excluding carboxylic acids is 1. The lowest BCUT2D eigenvalue weighted by Gasteiger charge is -2.26. The Kier molecular flexibility index (Phi) is 8.15. The predicted molar refractivity (Wildman–Crippen MR) is 136 cm³/mol. The van der Waals surface area contributed by atoms with Crippen LogP contribution in [0.4, 0.5) is 21.5 Å². The molecule has 9 nitrogen and oxygen atoms in total. The molecule has 0 saturated heterocycles. The number of sulfonamides is 1. The third-order valence-corrected chi connectivity index (χ3v) is 8.43. The largest absolute Gasteiger partial charge is 0.325 e. The van der Waals surface area contributed by atoms with Gasteiger partial charge in [-0.15, -0.1) is 0 Å². The van der Waals surface area contributed by atoms with Gasteiger partial charge in [0, 0.05) is 29.9 Å². The van der Waals surface area contributed by atoms with Crippen molar-refractivity contribution in [3.05, 3.63) is 83.1 Å². The minimum atomic E-state index is -4.06. The van der Waals surface area contributed by atoms with Gasteiger partial charge in [-0.2, -0.15) is 12.7 Å². The van der Waals surface area contributed by atoms with Crippen LogP contribution in [-0.4, -0.2) is 47.7 Å². The van der Waals surface area contributed by atoms with Gasteiger partial charge in [-0.25, -0.2) is 17.1 Å². The van der Waals surface area contributed by atoms with E-state index in [9.17, 15) is 26.0 Å². The number of rotatable bonds is 9. The van der Waals surface area contributed by atoms with Crippen LogP contribution < -0.4 is 14.3 Å². The summed E-state index contributed by atoms with van der Waals surface area (Å²) in [6.07, 6.45) is 0. The van der Waals surface area contributed by atoms with Gasteiger partial charge in [-0.05, 0) is 72.8 Å². The highest BCUT2D eigenvalue weighted by molar-refractivity contribution is 9.10. The third-order valence-electron chi connectivity index (χ3n) is 4.69. The van der Waals surface area contributed by atoms with E-state index in [0.717, 1.165) is 25.2 Å². The zero-order valence-corrected chi connectivity index (χ0v) is 21.9. The van der Waals surface area contributed by atoms with E-state index in [4.69, 9.17) is 0 Å². The zero-order valence-electron chi connectivity index (χ0n) is 18.6. The quantitative estimate of drug-likeness (QED) is 0.398. The number of nitrogens with zero attached hydrogens (tertiary/aromatic N) is 2. The van der Waals surface area contributed by atoms with E-state index in [2.05, 4.69) is 26.0 Å². The first kappa shape index (κ1) is 26.6. The third kappa shape index (κ3) is 6.78. The van der Waals surface area contributed by atoms with Gasteiger partial charge in [0.2, 0.25) is 5.91 Å². The van der Waals surface area contributed by atoms with E-state index in [1.165, 1.54) is 50.5 Å². The average molecular weight is 585 g/mol. The van der Waals surface area contributed by atoms with Crippen molar-refractivity contribution < 1.29 is 26.0 Å². The van der Waals surface area contributed by atoms with Crippen molar-refractivity contribution >= 4 is 59.1 Å². The van der Waals surface area contributed by atoms with Gasteiger partial charge in [0.1, 0.15) is 12.4 Å². The molecule has 0 atom stereocenters. The molecule has 0 radical (unpaired) electrons. The summed E-state index contributed by atoms with van der Waals surface area (Å²) < 4.78 is 69.0. The molecule has 35 heavy (non-hydrogen) atoms. The maximum atomic E-state index is 13.3. The molecule has 0 aromatic heterocycles. The molecule has 0 saturated carbocycles. The van der Waals surface area contributed by atoms with E-state index in [1.54, 1.807) is 24.3 Å². The van der Waals surface area contributed by atoms with Crippen molar-refractivity contribution in [3.8, 4) is 0 Å². The second-order valence-electron chi connectivity index (χ2n) is 7.46. The van der Waals surface area contributed by atoms with Crippen molar-refractivity contribution in [3.63, 3.8) is 0 Å². The fourth-order valence-electron chi connectivity index (χ4n) is 2.89. The first-order valence-electron chi connectivity index (χ1n) is 10.0. The van der Waals surface area contributed by atoms with E-state index in [0.29, 0.717) is 5.69 Å². The van der Waals surface area contributed by atoms with Gasteiger partial charge in [0.15, 0.2) is 0 Å². The van der Waals surface area contributed by atoms with Crippen molar-refractivity contribution in [1.29, 1.82) is 0 Å². The lowest BCUT2D eigenvalue weighted by molar-refractivity contribution is -0.114. The number of carbonyl (C=O) groups is 1. The molecule has 2 N–H and O–H groups in total.